The first kappa shape index (κ1) is 15.3. The van der Waals surface area contributed by atoms with Crippen LogP contribution in [0, 0.1) is 0 Å². The molecule has 2 N–H and O–H groups in total. The molecule has 24 heavy (non-hydrogen) atoms. The molecular formula is C18H18ClN3O2. The summed E-state index contributed by atoms with van der Waals surface area (Å²) >= 11 is 5.98. The summed E-state index contributed by atoms with van der Waals surface area (Å²) in [6.07, 6.45) is 2.37. The van der Waals surface area contributed by atoms with E-state index in [2.05, 4.69) is 10.4 Å². The topological polar surface area (TPSA) is 59.3 Å². The van der Waals surface area contributed by atoms with Crippen molar-refractivity contribution >= 4 is 22.5 Å². The van der Waals surface area contributed by atoms with Crippen LogP contribution in [0.2, 0.25) is 5.02 Å². The molecule has 1 fully saturated rings. The highest BCUT2D eigenvalue weighted by Crippen LogP contribution is 2.29. The summed E-state index contributed by atoms with van der Waals surface area (Å²) in [6.45, 7) is 1.75. The van der Waals surface area contributed by atoms with Crippen molar-refractivity contribution in [2.75, 3.05) is 13.2 Å². The fourth-order valence-corrected chi connectivity index (χ4v) is 3.17. The van der Waals surface area contributed by atoms with Crippen LogP contribution in [0.15, 0.2) is 42.5 Å². The van der Waals surface area contributed by atoms with Crippen LogP contribution < -0.4 is 10.1 Å². The van der Waals surface area contributed by atoms with Crippen molar-refractivity contribution in [2.24, 2.45) is 0 Å². The molecule has 124 valence electrons. The van der Waals surface area contributed by atoms with E-state index >= 15 is 0 Å². The summed E-state index contributed by atoms with van der Waals surface area (Å²) in [5.41, 5.74) is 1.43. The van der Waals surface area contributed by atoms with E-state index in [1.54, 1.807) is 18.2 Å². The van der Waals surface area contributed by atoms with Gasteiger partial charge < -0.3 is 15.2 Å². The minimum Gasteiger partial charge on any atom is -0.493 e. The molecule has 5 nitrogen and oxygen atoms in total. The van der Waals surface area contributed by atoms with Crippen LogP contribution in [-0.4, -0.2) is 34.1 Å². The van der Waals surface area contributed by atoms with Crippen LogP contribution in [-0.2, 0) is 0 Å². The molecule has 2 heterocycles. The van der Waals surface area contributed by atoms with E-state index in [0.29, 0.717) is 28.6 Å². The Labute approximate surface area is 144 Å². The molecule has 6 heteroatoms. The Morgan fingerprint density at radius 1 is 1.25 bits per heavy atom. The Kier molecular flexibility index (Phi) is 4.04. The fourth-order valence-electron chi connectivity index (χ4n) is 3.01. The maximum absolute atomic E-state index is 10.4. The van der Waals surface area contributed by atoms with E-state index in [9.17, 15) is 5.11 Å². The molecule has 0 bridgehead atoms. The summed E-state index contributed by atoms with van der Waals surface area (Å²) < 4.78 is 7.32. The average molecular weight is 344 g/mol. The Bertz CT molecular complexity index is 855. The van der Waals surface area contributed by atoms with Crippen LogP contribution in [0.3, 0.4) is 0 Å². The van der Waals surface area contributed by atoms with Gasteiger partial charge in [-0.05, 0) is 61.9 Å². The summed E-state index contributed by atoms with van der Waals surface area (Å²) in [7, 11) is 0. The minimum atomic E-state index is 0.102. The molecule has 0 unspecified atom stereocenters. The van der Waals surface area contributed by atoms with Crippen LogP contribution >= 0.6 is 11.6 Å². The molecule has 0 saturated carbocycles. The third kappa shape index (κ3) is 2.92. The summed E-state index contributed by atoms with van der Waals surface area (Å²) in [4.78, 5) is 0. The third-order valence-corrected chi connectivity index (χ3v) is 4.54. The Hall–Kier alpha value is -2.24. The summed E-state index contributed by atoms with van der Waals surface area (Å²) in [6, 6.07) is 13.2. The first-order valence-electron chi connectivity index (χ1n) is 8.04. The van der Waals surface area contributed by atoms with E-state index in [0.717, 1.165) is 24.4 Å². The number of nitrogens with zero attached hydrogens (tertiary/aromatic N) is 2. The van der Waals surface area contributed by atoms with Crippen molar-refractivity contribution in [3.63, 3.8) is 0 Å². The predicted octanol–water partition coefficient (Wildman–Crippen LogP) is 3.52. The predicted molar refractivity (Wildman–Crippen MR) is 94.3 cm³/mol. The maximum atomic E-state index is 10.4. The van der Waals surface area contributed by atoms with Gasteiger partial charge in [0.2, 0.25) is 5.88 Å². The number of ether oxygens (including phenoxy) is 1. The molecular weight excluding hydrogens is 326 g/mol. The van der Waals surface area contributed by atoms with E-state index in [1.807, 2.05) is 24.3 Å². The van der Waals surface area contributed by atoms with E-state index in [1.165, 1.54) is 11.1 Å². The van der Waals surface area contributed by atoms with Gasteiger partial charge in [0, 0.05) is 11.1 Å². The first-order chi connectivity index (χ1) is 11.7. The molecule has 0 spiro atoms. The number of hydrogen-bond acceptors (Lipinski definition) is 4. The van der Waals surface area contributed by atoms with Crippen molar-refractivity contribution in [3.05, 3.63) is 47.5 Å². The highest BCUT2D eigenvalue weighted by atomic mass is 35.5. The van der Waals surface area contributed by atoms with Crippen LogP contribution in [0.4, 0.5) is 0 Å². The number of aromatic nitrogens is 2. The molecule has 1 saturated heterocycles. The molecule has 0 aliphatic carbocycles. The zero-order valence-corrected chi connectivity index (χ0v) is 13.8. The van der Waals surface area contributed by atoms with Crippen LogP contribution in [0.5, 0.6) is 11.6 Å². The second-order valence-corrected chi connectivity index (χ2v) is 6.43. The lowest BCUT2D eigenvalue weighted by Gasteiger charge is -2.12. The smallest absolute Gasteiger partial charge is 0.222 e. The van der Waals surface area contributed by atoms with Crippen molar-refractivity contribution in [1.29, 1.82) is 0 Å². The second-order valence-electron chi connectivity index (χ2n) is 6.00. The Morgan fingerprint density at radius 2 is 2.08 bits per heavy atom. The summed E-state index contributed by atoms with van der Waals surface area (Å²) in [5, 5.41) is 19.5. The molecule has 1 atom stereocenters. The normalized spacial score (nSPS) is 17.5. The highest BCUT2D eigenvalue weighted by molar-refractivity contribution is 6.31. The van der Waals surface area contributed by atoms with Gasteiger partial charge in [-0.3, -0.25) is 0 Å². The Morgan fingerprint density at radius 3 is 2.83 bits per heavy atom. The number of aromatic hydroxyl groups is 1. The maximum Gasteiger partial charge on any atom is 0.222 e. The van der Waals surface area contributed by atoms with Crippen molar-refractivity contribution in [1.82, 2.24) is 15.1 Å². The molecule has 0 amide bonds. The zero-order chi connectivity index (χ0) is 16.5. The van der Waals surface area contributed by atoms with Gasteiger partial charge in [0.25, 0.3) is 0 Å². The van der Waals surface area contributed by atoms with Gasteiger partial charge >= 0.3 is 0 Å². The standard InChI is InChI=1S/C18H18ClN3O2/c19-12-3-8-16-17(10-12)21-22(18(16)23)14-4-6-15(7-5-14)24-11-13-2-1-9-20-13/h3-8,10,13,20,23H,1-2,9,11H2/t13-/m1/s1. The van der Waals surface area contributed by atoms with Gasteiger partial charge in [0.05, 0.1) is 16.6 Å². The molecule has 3 aromatic rings. The van der Waals surface area contributed by atoms with E-state index < -0.39 is 0 Å². The molecule has 2 aromatic carbocycles. The van der Waals surface area contributed by atoms with Gasteiger partial charge in [-0.1, -0.05) is 11.6 Å². The number of halogens is 1. The number of rotatable bonds is 4. The van der Waals surface area contributed by atoms with E-state index in [4.69, 9.17) is 16.3 Å². The minimum absolute atomic E-state index is 0.102. The van der Waals surface area contributed by atoms with E-state index in [-0.39, 0.29) is 5.88 Å². The first-order valence-corrected chi connectivity index (χ1v) is 8.42. The Balaban J connectivity index is 1.55. The molecule has 1 aromatic heterocycles. The lowest BCUT2D eigenvalue weighted by molar-refractivity contribution is 0.277. The number of benzene rings is 2. The number of hydrogen-bond donors (Lipinski definition) is 2. The lowest BCUT2D eigenvalue weighted by atomic mass is 10.2. The lowest BCUT2D eigenvalue weighted by Crippen LogP contribution is -2.28. The number of fused-ring (bicyclic) bond motifs is 1. The molecule has 1 aliphatic heterocycles. The van der Waals surface area contributed by atoms with Crippen molar-refractivity contribution in [2.45, 2.75) is 18.9 Å². The van der Waals surface area contributed by atoms with Crippen LogP contribution in [0.1, 0.15) is 12.8 Å². The number of nitrogens with one attached hydrogen (secondary N) is 1. The molecule has 4 rings (SSSR count). The highest BCUT2D eigenvalue weighted by Gasteiger charge is 2.15. The average Bonchev–Trinajstić information content (AvgIpc) is 3.22. The fraction of sp³-hybridized carbons (Fsp3) is 0.278. The zero-order valence-electron chi connectivity index (χ0n) is 13.1. The van der Waals surface area contributed by atoms with Crippen molar-refractivity contribution < 1.29 is 9.84 Å². The van der Waals surface area contributed by atoms with Gasteiger partial charge in [0.15, 0.2) is 0 Å². The van der Waals surface area contributed by atoms with Crippen LogP contribution in [0.25, 0.3) is 16.6 Å². The molecule has 0 radical (unpaired) electrons. The SMILES string of the molecule is Oc1c2ccc(Cl)cc2nn1-c1ccc(OC[C@H]2CCCN2)cc1. The third-order valence-electron chi connectivity index (χ3n) is 4.30. The van der Waals surface area contributed by atoms with Crippen molar-refractivity contribution in [3.8, 4) is 17.3 Å². The quantitative estimate of drug-likeness (QED) is 0.761. The second kappa shape index (κ2) is 6.34. The summed E-state index contributed by atoms with van der Waals surface area (Å²) in [5.74, 6) is 0.914. The van der Waals surface area contributed by atoms with Gasteiger partial charge in [0.1, 0.15) is 12.4 Å². The van der Waals surface area contributed by atoms with Gasteiger partial charge in [-0.2, -0.15) is 5.10 Å². The largest absolute Gasteiger partial charge is 0.493 e. The van der Waals surface area contributed by atoms with Gasteiger partial charge in [-0.15, -0.1) is 0 Å². The van der Waals surface area contributed by atoms with Gasteiger partial charge in [-0.25, -0.2) is 4.68 Å². The molecule has 1 aliphatic rings. The monoisotopic (exact) mass is 343 g/mol.